The van der Waals surface area contributed by atoms with Crippen molar-refractivity contribution in [1.29, 1.82) is 0 Å². The average molecular weight is 215 g/mol. The Morgan fingerprint density at radius 2 is 2.54 bits per heavy atom. The van der Waals surface area contributed by atoms with Crippen molar-refractivity contribution in [2.75, 3.05) is 13.1 Å². The van der Waals surface area contributed by atoms with Crippen molar-refractivity contribution in [2.45, 2.75) is 13.5 Å². The van der Waals surface area contributed by atoms with Gasteiger partial charge in [0.15, 0.2) is 0 Å². The van der Waals surface area contributed by atoms with E-state index >= 15 is 0 Å². The number of hydrogen-bond acceptors (Lipinski definition) is 4. The molecule has 3 nitrogen and oxygen atoms in total. The molecule has 1 heterocycles. The molecule has 0 saturated carbocycles. The normalized spacial score (nSPS) is 10.6. The highest BCUT2D eigenvalue weighted by Gasteiger charge is 2.05. The van der Waals surface area contributed by atoms with Crippen LogP contribution in [0.3, 0.4) is 0 Å². The first kappa shape index (κ1) is 10.6. The molecule has 2 N–H and O–H groups in total. The fourth-order valence-corrected chi connectivity index (χ4v) is 1.86. The minimum absolute atomic E-state index is 0.548. The lowest BCUT2D eigenvalue weighted by molar-refractivity contribution is 0.324. The van der Waals surface area contributed by atoms with Gasteiger partial charge in [0, 0.05) is 24.2 Å². The number of nitrogens with zero attached hydrogens (tertiary/aromatic N) is 2. The van der Waals surface area contributed by atoms with Gasteiger partial charge in [0.05, 0.1) is 10.5 Å². The number of hydrogen-bond donors (Lipinski definition) is 1. The van der Waals surface area contributed by atoms with E-state index in [4.69, 9.17) is 18.0 Å². The van der Waals surface area contributed by atoms with Crippen LogP contribution in [-0.4, -0.2) is 28.0 Å². The fraction of sp³-hybridized carbons (Fsp3) is 0.500. The number of likely N-dealkylation sites (N-methyl/N-ethyl adjacent to an activating group) is 1. The molecule has 1 aromatic heterocycles. The van der Waals surface area contributed by atoms with E-state index in [9.17, 15) is 0 Å². The summed E-state index contributed by atoms with van der Waals surface area (Å²) in [5.74, 6) is 0. The Morgan fingerprint density at radius 3 is 3.00 bits per heavy atom. The molecule has 0 radical (unpaired) electrons. The molecule has 0 aliphatic rings. The van der Waals surface area contributed by atoms with Crippen molar-refractivity contribution in [3.05, 3.63) is 16.6 Å². The lowest BCUT2D eigenvalue weighted by Gasteiger charge is -2.17. The highest BCUT2D eigenvalue weighted by molar-refractivity contribution is 7.80. The van der Waals surface area contributed by atoms with Crippen molar-refractivity contribution in [2.24, 2.45) is 5.73 Å². The van der Waals surface area contributed by atoms with Gasteiger partial charge in [-0.2, -0.15) is 0 Å². The second kappa shape index (κ2) is 5.26. The van der Waals surface area contributed by atoms with Crippen LogP contribution in [0.1, 0.15) is 11.8 Å². The first-order valence-corrected chi connectivity index (χ1v) is 5.39. The second-order valence-corrected chi connectivity index (χ2v) is 4.23. The smallest absolute Gasteiger partial charge is 0.0870 e. The number of nitrogens with two attached hydrogens (primary N) is 1. The first-order chi connectivity index (χ1) is 6.22. The molecule has 0 fully saturated rings. The number of aromatic nitrogens is 1. The van der Waals surface area contributed by atoms with E-state index in [2.05, 4.69) is 16.8 Å². The molecule has 0 unspecified atom stereocenters. The number of thiocarbonyl (C=S) groups is 1. The van der Waals surface area contributed by atoms with Crippen LogP contribution >= 0.6 is 23.6 Å². The lowest BCUT2D eigenvalue weighted by Crippen LogP contribution is -2.31. The summed E-state index contributed by atoms with van der Waals surface area (Å²) in [6.45, 7) is 4.62. The van der Waals surface area contributed by atoms with Crippen LogP contribution in [0, 0.1) is 0 Å². The highest BCUT2D eigenvalue weighted by atomic mass is 32.1. The minimum Gasteiger partial charge on any atom is -0.392 e. The third-order valence-electron chi connectivity index (χ3n) is 1.69. The van der Waals surface area contributed by atoms with Gasteiger partial charge in [-0.05, 0) is 6.54 Å². The van der Waals surface area contributed by atoms with Crippen molar-refractivity contribution in [3.63, 3.8) is 0 Å². The molecule has 0 aliphatic carbocycles. The summed E-state index contributed by atoms with van der Waals surface area (Å²) in [7, 11) is 0. The Labute approximate surface area is 87.6 Å². The van der Waals surface area contributed by atoms with Gasteiger partial charge in [0.1, 0.15) is 0 Å². The second-order valence-electron chi connectivity index (χ2n) is 2.74. The van der Waals surface area contributed by atoms with E-state index < -0.39 is 0 Å². The molecule has 0 saturated heterocycles. The van der Waals surface area contributed by atoms with E-state index in [1.807, 2.05) is 11.7 Å². The maximum absolute atomic E-state index is 5.48. The van der Waals surface area contributed by atoms with E-state index in [0.29, 0.717) is 11.5 Å². The predicted octanol–water partition coefficient (Wildman–Crippen LogP) is 1.25. The van der Waals surface area contributed by atoms with Gasteiger partial charge in [0.2, 0.25) is 0 Å². The Morgan fingerprint density at radius 1 is 1.77 bits per heavy atom. The van der Waals surface area contributed by atoms with Gasteiger partial charge in [-0.3, -0.25) is 9.88 Å². The highest BCUT2D eigenvalue weighted by Crippen LogP contribution is 2.08. The summed E-state index contributed by atoms with van der Waals surface area (Å²) in [5, 5.41) is 0. The van der Waals surface area contributed by atoms with Gasteiger partial charge in [-0.1, -0.05) is 19.1 Å². The topological polar surface area (TPSA) is 42.1 Å². The molecule has 1 aromatic rings. The summed E-state index contributed by atoms with van der Waals surface area (Å²) < 4.78 is 0. The Bertz CT molecular complexity index is 258. The zero-order valence-electron chi connectivity index (χ0n) is 7.56. The molecule has 0 bridgehead atoms. The maximum Gasteiger partial charge on any atom is 0.0870 e. The van der Waals surface area contributed by atoms with Crippen LogP contribution < -0.4 is 5.73 Å². The molecule has 0 spiro atoms. The monoisotopic (exact) mass is 215 g/mol. The van der Waals surface area contributed by atoms with E-state index in [0.717, 1.165) is 13.1 Å². The molecule has 0 atom stereocenters. The van der Waals surface area contributed by atoms with Crippen molar-refractivity contribution in [1.82, 2.24) is 9.88 Å². The third-order valence-corrected chi connectivity index (χ3v) is 2.58. The summed E-state index contributed by atoms with van der Waals surface area (Å²) in [6.07, 6.45) is 1.88. The van der Waals surface area contributed by atoms with Crippen LogP contribution in [0.25, 0.3) is 0 Å². The standard InChI is InChI=1S/C8H13N3S2/c1-2-11(5-8(9)12)4-7-3-10-6-13-7/h3,6H,2,4-5H2,1H3,(H2,9,12). The molecule has 0 aromatic carbocycles. The zero-order valence-corrected chi connectivity index (χ0v) is 9.20. The van der Waals surface area contributed by atoms with E-state index in [1.54, 1.807) is 11.3 Å². The Balaban J connectivity index is 2.45. The molecule has 72 valence electrons. The molecule has 1 rings (SSSR count). The molecule has 0 aliphatic heterocycles. The van der Waals surface area contributed by atoms with Crippen LogP contribution in [0.15, 0.2) is 11.7 Å². The summed E-state index contributed by atoms with van der Waals surface area (Å²) in [5.41, 5.74) is 7.31. The van der Waals surface area contributed by atoms with Gasteiger partial charge in [0.25, 0.3) is 0 Å². The zero-order chi connectivity index (χ0) is 9.68. The fourth-order valence-electron chi connectivity index (χ4n) is 1.04. The molecular weight excluding hydrogens is 202 g/mol. The quantitative estimate of drug-likeness (QED) is 0.751. The van der Waals surface area contributed by atoms with E-state index in [-0.39, 0.29) is 0 Å². The van der Waals surface area contributed by atoms with Crippen LogP contribution in [0.4, 0.5) is 0 Å². The number of rotatable bonds is 5. The minimum atomic E-state index is 0.548. The summed E-state index contributed by atoms with van der Waals surface area (Å²) in [6, 6.07) is 0. The maximum atomic E-state index is 5.48. The van der Waals surface area contributed by atoms with Crippen molar-refractivity contribution in [3.8, 4) is 0 Å². The van der Waals surface area contributed by atoms with E-state index in [1.165, 1.54) is 4.88 Å². The molecular formula is C8H13N3S2. The van der Waals surface area contributed by atoms with Crippen molar-refractivity contribution >= 4 is 28.5 Å². The van der Waals surface area contributed by atoms with Crippen LogP contribution in [0.2, 0.25) is 0 Å². The van der Waals surface area contributed by atoms with Gasteiger partial charge in [-0.25, -0.2) is 0 Å². The van der Waals surface area contributed by atoms with Gasteiger partial charge < -0.3 is 5.73 Å². The summed E-state index contributed by atoms with van der Waals surface area (Å²) >= 11 is 6.51. The lowest BCUT2D eigenvalue weighted by atomic mass is 10.4. The predicted molar refractivity (Wildman–Crippen MR) is 59.9 cm³/mol. The molecule has 5 heteroatoms. The number of thiazole rings is 1. The Hall–Kier alpha value is -0.520. The van der Waals surface area contributed by atoms with Crippen molar-refractivity contribution < 1.29 is 0 Å². The van der Waals surface area contributed by atoms with Gasteiger partial charge in [-0.15, -0.1) is 11.3 Å². The van der Waals surface area contributed by atoms with Gasteiger partial charge >= 0.3 is 0 Å². The Kier molecular flexibility index (Phi) is 4.27. The average Bonchev–Trinajstić information content (AvgIpc) is 2.55. The summed E-state index contributed by atoms with van der Waals surface area (Å²) in [4.78, 5) is 8.00. The third kappa shape index (κ3) is 3.80. The largest absolute Gasteiger partial charge is 0.392 e. The molecule has 13 heavy (non-hydrogen) atoms. The first-order valence-electron chi connectivity index (χ1n) is 4.10. The SMILES string of the molecule is CCN(CC(N)=S)Cc1cncs1. The molecule has 0 amide bonds. The van der Waals surface area contributed by atoms with Crippen LogP contribution in [-0.2, 0) is 6.54 Å². The van der Waals surface area contributed by atoms with Crippen LogP contribution in [0.5, 0.6) is 0 Å².